The van der Waals surface area contributed by atoms with E-state index in [2.05, 4.69) is 10.6 Å². The quantitative estimate of drug-likeness (QED) is 0.675. The van der Waals surface area contributed by atoms with E-state index in [-0.39, 0.29) is 25.0 Å². The summed E-state index contributed by atoms with van der Waals surface area (Å²) in [6.07, 6.45) is -0.612. The van der Waals surface area contributed by atoms with Gasteiger partial charge in [0.05, 0.1) is 18.0 Å². The number of benzene rings is 2. The van der Waals surface area contributed by atoms with Gasteiger partial charge in [-0.1, -0.05) is 18.2 Å². The molecule has 3 rings (SSSR count). The van der Waals surface area contributed by atoms with Crippen molar-refractivity contribution in [1.29, 1.82) is 0 Å². The topological polar surface area (TPSA) is 97.0 Å². The number of hydrogen-bond acceptors (Lipinski definition) is 6. The molecule has 3 amide bonds. The molecule has 0 aromatic heterocycles. The fraction of sp³-hybridized carbons (Fsp3) is 0.250. The van der Waals surface area contributed by atoms with Gasteiger partial charge in [-0.25, -0.2) is 4.79 Å². The summed E-state index contributed by atoms with van der Waals surface area (Å²) in [6, 6.07) is 14.2. The average molecular weight is 415 g/mol. The van der Waals surface area contributed by atoms with Crippen molar-refractivity contribution < 1.29 is 23.9 Å². The second kappa shape index (κ2) is 9.94. The van der Waals surface area contributed by atoms with Gasteiger partial charge in [-0.2, -0.15) is 0 Å². The van der Waals surface area contributed by atoms with Crippen LogP contribution in [-0.4, -0.2) is 50.5 Å². The number of carbonyl (C=O) groups excluding carboxylic acids is 3. The van der Waals surface area contributed by atoms with E-state index in [0.29, 0.717) is 23.7 Å². The average Bonchev–Trinajstić information content (AvgIpc) is 2.70. The molecule has 2 N–H and O–H groups in total. The van der Waals surface area contributed by atoms with Gasteiger partial charge < -0.3 is 19.7 Å². The third kappa shape index (κ3) is 5.72. The molecule has 0 fully saturated rings. The van der Waals surface area contributed by atoms with Crippen LogP contribution in [0, 0.1) is 0 Å². The zero-order valence-electron chi connectivity index (χ0n) is 15.8. The highest BCUT2D eigenvalue weighted by Gasteiger charge is 2.26. The number of hydrogen-bond donors (Lipinski definition) is 2. The standard InChI is InChI=1S/C20H21N3O5S/c1-27-9-10-28-20(26)22-15-6-4-5-14(11-15)21-18(24)12-23-16-7-2-3-8-17(16)29-13-19(23)25/h2-8,11H,9-10,12-13H2,1H3,(H,21,24)(H,22,26). The van der Waals surface area contributed by atoms with Crippen molar-refractivity contribution in [3.8, 4) is 0 Å². The first-order valence-electron chi connectivity index (χ1n) is 8.91. The number of anilines is 3. The van der Waals surface area contributed by atoms with Crippen molar-refractivity contribution in [2.45, 2.75) is 4.90 Å². The van der Waals surface area contributed by atoms with Gasteiger partial charge in [0.2, 0.25) is 11.8 Å². The highest BCUT2D eigenvalue weighted by molar-refractivity contribution is 8.00. The minimum Gasteiger partial charge on any atom is -0.447 e. The number of carbonyl (C=O) groups is 3. The lowest BCUT2D eigenvalue weighted by atomic mass is 10.2. The molecule has 0 unspecified atom stereocenters. The molecule has 2 aromatic rings. The van der Waals surface area contributed by atoms with Gasteiger partial charge >= 0.3 is 6.09 Å². The zero-order chi connectivity index (χ0) is 20.6. The molecule has 2 aromatic carbocycles. The molecule has 8 nitrogen and oxygen atoms in total. The summed E-state index contributed by atoms with van der Waals surface area (Å²) in [5, 5.41) is 5.34. The molecule has 1 heterocycles. The van der Waals surface area contributed by atoms with Crippen molar-refractivity contribution in [3.63, 3.8) is 0 Å². The number of rotatable bonds is 7. The molecule has 0 aliphatic carbocycles. The Hall–Kier alpha value is -3.04. The molecular formula is C20H21N3O5S. The first-order chi connectivity index (χ1) is 14.1. The van der Waals surface area contributed by atoms with Gasteiger partial charge in [0, 0.05) is 23.4 Å². The smallest absolute Gasteiger partial charge is 0.411 e. The van der Waals surface area contributed by atoms with Crippen molar-refractivity contribution in [2.24, 2.45) is 0 Å². The van der Waals surface area contributed by atoms with Gasteiger partial charge in [-0.15, -0.1) is 11.8 Å². The van der Waals surface area contributed by atoms with E-state index in [4.69, 9.17) is 9.47 Å². The fourth-order valence-electron chi connectivity index (χ4n) is 2.72. The summed E-state index contributed by atoms with van der Waals surface area (Å²) in [7, 11) is 1.52. The Morgan fingerprint density at radius 3 is 2.62 bits per heavy atom. The molecule has 0 atom stereocenters. The van der Waals surface area contributed by atoms with Gasteiger partial charge in [-0.05, 0) is 30.3 Å². The lowest BCUT2D eigenvalue weighted by molar-refractivity contribution is -0.120. The van der Waals surface area contributed by atoms with Crippen molar-refractivity contribution in [1.82, 2.24) is 0 Å². The predicted octanol–water partition coefficient (Wildman–Crippen LogP) is 2.96. The number of nitrogens with one attached hydrogen (secondary N) is 2. The van der Waals surface area contributed by atoms with Crippen LogP contribution in [0.5, 0.6) is 0 Å². The van der Waals surface area contributed by atoms with Crippen LogP contribution in [0.25, 0.3) is 0 Å². The van der Waals surface area contributed by atoms with Crippen LogP contribution in [0.15, 0.2) is 53.4 Å². The van der Waals surface area contributed by atoms with E-state index in [1.165, 1.54) is 23.8 Å². The van der Waals surface area contributed by atoms with E-state index in [1.54, 1.807) is 24.3 Å². The van der Waals surface area contributed by atoms with Crippen LogP contribution in [-0.2, 0) is 19.1 Å². The summed E-state index contributed by atoms with van der Waals surface area (Å²) in [6.45, 7) is 0.357. The molecule has 29 heavy (non-hydrogen) atoms. The first-order valence-corrected chi connectivity index (χ1v) is 9.90. The highest BCUT2D eigenvalue weighted by Crippen LogP contribution is 2.34. The number of nitrogens with zero attached hydrogens (tertiary/aromatic N) is 1. The van der Waals surface area contributed by atoms with Crippen LogP contribution in [0.3, 0.4) is 0 Å². The van der Waals surface area contributed by atoms with Gasteiger partial charge in [-0.3, -0.25) is 14.9 Å². The maximum atomic E-state index is 12.5. The van der Waals surface area contributed by atoms with E-state index in [9.17, 15) is 14.4 Å². The SMILES string of the molecule is COCCOC(=O)Nc1cccc(NC(=O)CN2C(=O)CSc3ccccc32)c1. The third-order valence-electron chi connectivity index (χ3n) is 4.02. The largest absolute Gasteiger partial charge is 0.447 e. The van der Waals surface area contributed by atoms with Crippen molar-refractivity contribution in [3.05, 3.63) is 48.5 Å². The molecule has 1 aliphatic heterocycles. The van der Waals surface area contributed by atoms with Gasteiger partial charge in [0.15, 0.2) is 0 Å². The molecule has 0 bridgehead atoms. The van der Waals surface area contributed by atoms with Crippen LogP contribution >= 0.6 is 11.8 Å². The zero-order valence-corrected chi connectivity index (χ0v) is 16.7. The maximum Gasteiger partial charge on any atom is 0.411 e. The van der Waals surface area contributed by atoms with Crippen LogP contribution in [0.2, 0.25) is 0 Å². The molecule has 0 saturated heterocycles. The second-order valence-corrected chi connectivity index (χ2v) is 7.14. The Morgan fingerprint density at radius 2 is 1.83 bits per heavy atom. The van der Waals surface area contributed by atoms with Gasteiger partial charge in [0.1, 0.15) is 13.2 Å². The summed E-state index contributed by atoms with van der Waals surface area (Å²) >= 11 is 1.46. The monoisotopic (exact) mass is 415 g/mol. The number of amides is 3. The maximum absolute atomic E-state index is 12.5. The van der Waals surface area contributed by atoms with Gasteiger partial charge in [0.25, 0.3) is 0 Å². The summed E-state index contributed by atoms with van der Waals surface area (Å²) in [5.41, 5.74) is 1.70. The Kier molecular flexibility index (Phi) is 7.09. The van der Waals surface area contributed by atoms with Crippen LogP contribution in [0.4, 0.5) is 21.9 Å². The molecule has 9 heteroatoms. The lowest BCUT2D eigenvalue weighted by Gasteiger charge is -2.28. The molecular weight excluding hydrogens is 394 g/mol. The first kappa shape index (κ1) is 20.7. The third-order valence-corrected chi connectivity index (χ3v) is 5.07. The summed E-state index contributed by atoms with van der Waals surface area (Å²) in [4.78, 5) is 39.0. The number of para-hydroxylation sites is 1. The highest BCUT2D eigenvalue weighted by atomic mass is 32.2. The minimum atomic E-state index is -0.612. The Bertz CT molecular complexity index is 905. The van der Waals surface area contributed by atoms with E-state index >= 15 is 0 Å². The Morgan fingerprint density at radius 1 is 1.07 bits per heavy atom. The van der Waals surface area contributed by atoms with Crippen molar-refractivity contribution in [2.75, 3.05) is 48.2 Å². The van der Waals surface area contributed by atoms with E-state index < -0.39 is 6.09 Å². The number of thioether (sulfide) groups is 1. The number of fused-ring (bicyclic) bond motifs is 1. The normalized spacial score (nSPS) is 12.9. The van der Waals surface area contributed by atoms with E-state index in [0.717, 1.165) is 10.6 Å². The molecule has 1 aliphatic rings. The Balaban J connectivity index is 1.60. The fourth-order valence-corrected chi connectivity index (χ4v) is 3.65. The van der Waals surface area contributed by atoms with Crippen LogP contribution < -0.4 is 15.5 Å². The van der Waals surface area contributed by atoms with Crippen molar-refractivity contribution >= 4 is 46.7 Å². The predicted molar refractivity (Wildman–Crippen MR) is 111 cm³/mol. The number of methoxy groups -OCH3 is 1. The number of ether oxygens (including phenoxy) is 2. The molecule has 0 radical (unpaired) electrons. The van der Waals surface area contributed by atoms with E-state index in [1.807, 2.05) is 24.3 Å². The Labute approximate surface area is 172 Å². The lowest BCUT2D eigenvalue weighted by Crippen LogP contribution is -2.41. The second-order valence-electron chi connectivity index (χ2n) is 6.12. The molecule has 0 spiro atoms. The summed E-state index contributed by atoms with van der Waals surface area (Å²) < 4.78 is 9.76. The van der Waals surface area contributed by atoms with Crippen LogP contribution in [0.1, 0.15) is 0 Å². The molecule has 152 valence electrons. The minimum absolute atomic E-state index is 0.0902. The molecule has 0 saturated carbocycles. The summed E-state index contributed by atoms with van der Waals surface area (Å²) in [5.74, 6) is -0.146.